The number of nitrogens with one attached hydrogen (secondary N) is 1. The van der Waals surface area contributed by atoms with Crippen molar-refractivity contribution in [3.8, 4) is 5.75 Å². The van der Waals surface area contributed by atoms with Gasteiger partial charge in [-0.15, -0.1) is 0 Å². The van der Waals surface area contributed by atoms with E-state index >= 15 is 0 Å². The first-order chi connectivity index (χ1) is 15.6. The van der Waals surface area contributed by atoms with Crippen LogP contribution in [0.2, 0.25) is 0 Å². The first kappa shape index (κ1) is 25.3. The van der Waals surface area contributed by atoms with Crippen molar-refractivity contribution in [1.29, 1.82) is 0 Å². The van der Waals surface area contributed by atoms with E-state index < -0.39 is 23.7 Å². The number of hydrogen-bond donors (Lipinski definition) is 1. The Hall–Kier alpha value is -2.28. The van der Waals surface area contributed by atoms with Gasteiger partial charge in [-0.25, -0.2) is 0 Å². The van der Waals surface area contributed by atoms with Gasteiger partial charge in [0.1, 0.15) is 5.75 Å². The molecule has 1 N–H and O–H groups in total. The monoisotopic (exact) mass is 464 g/mol. The number of amides is 1. The van der Waals surface area contributed by atoms with Crippen LogP contribution in [0, 0.1) is 0 Å². The number of carbonyl (C=O) groups excluding carboxylic acids is 1. The molecule has 0 aromatic heterocycles. The smallest absolute Gasteiger partial charge is 0.409 e. The molecule has 1 aliphatic heterocycles. The fourth-order valence-corrected chi connectivity index (χ4v) is 4.54. The third-order valence-corrected chi connectivity index (χ3v) is 6.26. The largest absolute Gasteiger partial charge is 0.494 e. The Balaban J connectivity index is 1.74. The van der Waals surface area contributed by atoms with Gasteiger partial charge in [-0.3, -0.25) is 10.2 Å². The zero-order chi connectivity index (χ0) is 24.1. The molecular weight excluding hydrogens is 429 g/mol. The molecule has 2 aromatic carbocycles. The number of rotatable bonds is 11. The van der Waals surface area contributed by atoms with E-state index in [0.717, 1.165) is 17.9 Å². The van der Waals surface area contributed by atoms with E-state index in [1.807, 2.05) is 0 Å². The molecule has 4 nitrogen and oxygen atoms in total. The first-order valence-electron chi connectivity index (χ1n) is 11.9. The molecule has 3 rings (SSSR count). The van der Waals surface area contributed by atoms with Crippen LogP contribution in [-0.2, 0) is 4.79 Å². The van der Waals surface area contributed by atoms with Gasteiger partial charge in [-0.2, -0.15) is 18.2 Å². The predicted molar refractivity (Wildman–Crippen MR) is 125 cm³/mol. The van der Waals surface area contributed by atoms with E-state index in [1.54, 1.807) is 44.2 Å². The lowest BCUT2D eigenvalue weighted by molar-refractivity contribution is -0.203. The molecule has 1 aliphatic rings. The SMILES string of the molecule is CCCCCCCCCOc1ccc2c([C@H](N3NC(=O)CC3(C)C)C(F)(F)F)cccc2c1. The Morgan fingerprint density at radius 2 is 1.76 bits per heavy atom. The van der Waals surface area contributed by atoms with Crippen molar-refractivity contribution in [3.05, 3.63) is 42.0 Å². The van der Waals surface area contributed by atoms with Crippen LogP contribution in [0.15, 0.2) is 36.4 Å². The zero-order valence-electron chi connectivity index (χ0n) is 19.8. The van der Waals surface area contributed by atoms with Crippen LogP contribution in [0.3, 0.4) is 0 Å². The summed E-state index contributed by atoms with van der Waals surface area (Å²) in [4.78, 5) is 11.9. The molecule has 0 saturated carbocycles. The fraction of sp³-hybridized carbons (Fsp3) is 0.577. The van der Waals surface area contributed by atoms with Crippen LogP contribution in [0.4, 0.5) is 13.2 Å². The molecule has 1 atom stereocenters. The Morgan fingerprint density at radius 1 is 1.06 bits per heavy atom. The second kappa shape index (κ2) is 10.8. The van der Waals surface area contributed by atoms with Gasteiger partial charge in [0.2, 0.25) is 5.91 Å². The number of carbonyl (C=O) groups is 1. The first-order valence-corrected chi connectivity index (χ1v) is 11.9. The fourth-order valence-electron chi connectivity index (χ4n) is 4.54. The minimum Gasteiger partial charge on any atom is -0.494 e. The highest BCUT2D eigenvalue weighted by molar-refractivity contribution is 5.87. The molecule has 1 amide bonds. The molecule has 33 heavy (non-hydrogen) atoms. The van der Waals surface area contributed by atoms with Crippen LogP contribution in [0.25, 0.3) is 10.8 Å². The van der Waals surface area contributed by atoms with Gasteiger partial charge >= 0.3 is 6.18 Å². The summed E-state index contributed by atoms with van der Waals surface area (Å²) in [7, 11) is 0. The van der Waals surface area contributed by atoms with Crippen molar-refractivity contribution in [1.82, 2.24) is 10.4 Å². The molecule has 2 aromatic rings. The zero-order valence-corrected chi connectivity index (χ0v) is 19.8. The average Bonchev–Trinajstić information content (AvgIpc) is 3.00. The van der Waals surface area contributed by atoms with E-state index in [-0.39, 0.29) is 12.0 Å². The standard InChI is InChI=1S/C26H35F3N2O2/c1-4-5-6-7-8-9-10-16-33-20-14-15-21-19(17-20)12-11-13-22(21)24(26(27,28)29)31-25(2,3)18-23(32)30-31/h11-15,17,24H,4-10,16,18H2,1-3H3,(H,30,32)/t24-/m0/s1. The molecule has 1 saturated heterocycles. The number of benzene rings is 2. The lowest BCUT2D eigenvalue weighted by Gasteiger charge is -2.38. The number of hydrazine groups is 1. The Morgan fingerprint density at radius 3 is 2.39 bits per heavy atom. The summed E-state index contributed by atoms with van der Waals surface area (Å²) in [5, 5.41) is 2.23. The van der Waals surface area contributed by atoms with E-state index in [2.05, 4.69) is 12.3 Å². The van der Waals surface area contributed by atoms with Crippen LogP contribution in [0.5, 0.6) is 5.75 Å². The van der Waals surface area contributed by atoms with Crippen LogP contribution in [-0.4, -0.2) is 29.2 Å². The van der Waals surface area contributed by atoms with Gasteiger partial charge < -0.3 is 4.74 Å². The molecule has 7 heteroatoms. The normalized spacial score (nSPS) is 17.3. The quantitative estimate of drug-likeness (QED) is 0.361. The van der Waals surface area contributed by atoms with E-state index in [4.69, 9.17) is 4.74 Å². The number of ether oxygens (including phenoxy) is 1. The third kappa shape index (κ3) is 6.40. The van der Waals surface area contributed by atoms with Gasteiger partial charge in [-0.05, 0) is 48.7 Å². The predicted octanol–water partition coefficient (Wildman–Crippen LogP) is 7.09. The molecule has 1 heterocycles. The molecule has 0 unspecified atom stereocenters. The Kier molecular flexibility index (Phi) is 8.27. The summed E-state index contributed by atoms with van der Waals surface area (Å²) in [5.41, 5.74) is 1.59. The minimum absolute atomic E-state index is 0.0148. The van der Waals surface area contributed by atoms with Crippen LogP contribution < -0.4 is 10.2 Å². The van der Waals surface area contributed by atoms with Gasteiger partial charge in [0, 0.05) is 12.0 Å². The number of unbranched alkanes of at least 4 members (excludes halogenated alkanes) is 6. The second-order valence-electron chi connectivity index (χ2n) is 9.54. The maximum atomic E-state index is 14.3. The van der Waals surface area contributed by atoms with E-state index in [0.29, 0.717) is 23.1 Å². The highest BCUT2D eigenvalue weighted by atomic mass is 19.4. The van der Waals surface area contributed by atoms with Crippen molar-refractivity contribution in [3.63, 3.8) is 0 Å². The number of halogens is 3. The topological polar surface area (TPSA) is 41.6 Å². The van der Waals surface area contributed by atoms with E-state index in [1.165, 1.54) is 38.2 Å². The Labute approximate surface area is 194 Å². The van der Waals surface area contributed by atoms with Gasteiger partial charge in [0.25, 0.3) is 0 Å². The second-order valence-corrected chi connectivity index (χ2v) is 9.54. The molecule has 182 valence electrons. The minimum atomic E-state index is -4.56. The van der Waals surface area contributed by atoms with Gasteiger partial charge in [0.15, 0.2) is 6.04 Å². The molecule has 0 spiro atoms. The summed E-state index contributed by atoms with van der Waals surface area (Å²) >= 11 is 0. The van der Waals surface area contributed by atoms with Crippen molar-refractivity contribution in [2.75, 3.05) is 6.61 Å². The number of alkyl halides is 3. The molecule has 0 bridgehead atoms. The van der Waals surface area contributed by atoms with Gasteiger partial charge in [-0.1, -0.05) is 69.7 Å². The number of fused-ring (bicyclic) bond motifs is 1. The molecule has 0 radical (unpaired) electrons. The van der Waals surface area contributed by atoms with Crippen molar-refractivity contribution in [2.24, 2.45) is 0 Å². The van der Waals surface area contributed by atoms with Gasteiger partial charge in [0.05, 0.1) is 6.61 Å². The number of nitrogens with zero attached hydrogens (tertiary/aromatic N) is 1. The molecule has 0 aliphatic carbocycles. The lowest BCUT2D eigenvalue weighted by Crippen LogP contribution is -2.51. The van der Waals surface area contributed by atoms with Crippen LogP contribution in [0.1, 0.15) is 83.7 Å². The maximum absolute atomic E-state index is 14.3. The lowest BCUT2D eigenvalue weighted by atomic mass is 9.93. The summed E-state index contributed by atoms with van der Waals surface area (Å²) in [6.45, 7) is 6.09. The number of hydrogen-bond acceptors (Lipinski definition) is 3. The highest BCUT2D eigenvalue weighted by Crippen LogP contribution is 2.44. The third-order valence-electron chi connectivity index (χ3n) is 6.26. The summed E-state index contributed by atoms with van der Waals surface area (Å²) in [5.74, 6) is 0.250. The average molecular weight is 465 g/mol. The van der Waals surface area contributed by atoms with E-state index in [9.17, 15) is 18.0 Å². The Bertz CT molecular complexity index is 943. The summed E-state index contributed by atoms with van der Waals surface area (Å²) in [6.07, 6.45) is 3.79. The van der Waals surface area contributed by atoms with Crippen LogP contribution >= 0.6 is 0 Å². The summed E-state index contributed by atoms with van der Waals surface area (Å²) in [6, 6.07) is 8.17. The summed E-state index contributed by atoms with van der Waals surface area (Å²) < 4.78 is 48.6. The molecule has 1 fully saturated rings. The van der Waals surface area contributed by atoms with Crippen molar-refractivity contribution < 1.29 is 22.7 Å². The molecular formula is C26H35F3N2O2. The van der Waals surface area contributed by atoms with Crippen molar-refractivity contribution >= 4 is 16.7 Å². The maximum Gasteiger partial charge on any atom is 0.409 e. The highest BCUT2D eigenvalue weighted by Gasteiger charge is 2.53. The van der Waals surface area contributed by atoms with Crippen molar-refractivity contribution in [2.45, 2.75) is 89.9 Å².